The van der Waals surface area contributed by atoms with Crippen molar-refractivity contribution in [2.75, 3.05) is 17.2 Å². The monoisotopic (exact) mass is 554 g/mol. The molecule has 0 fully saturated rings. The Labute approximate surface area is 221 Å². The van der Waals surface area contributed by atoms with Gasteiger partial charge in [-0.2, -0.15) is 0 Å². The van der Waals surface area contributed by atoms with Gasteiger partial charge in [0.25, 0.3) is 5.91 Å². The lowest BCUT2D eigenvalue weighted by molar-refractivity contribution is -0.147. The number of hydrogen-bond acceptors (Lipinski definition) is 5. The number of halogens is 4. The molecule has 0 saturated heterocycles. The molecule has 11 heteroatoms. The first kappa shape index (κ1) is 26.6. The van der Waals surface area contributed by atoms with Gasteiger partial charge >= 0.3 is 5.97 Å². The fraction of sp³-hybridized carbons (Fsp3) is 0.125. The molecule has 0 aliphatic heterocycles. The minimum Gasteiger partial charge on any atom is -0.456 e. The van der Waals surface area contributed by atoms with Crippen molar-refractivity contribution < 1.29 is 23.9 Å². The fourth-order valence-corrected chi connectivity index (χ4v) is 3.46. The second-order valence-corrected chi connectivity index (χ2v) is 8.75. The van der Waals surface area contributed by atoms with E-state index in [2.05, 4.69) is 10.6 Å². The normalized spacial score (nSPS) is 10.4. The Kier molecular flexibility index (Phi) is 9.63. The summed E-state index contributed by atoms with van der Waals surface area (Å²) < 4.78 is 10.6. The van der Waals surface area contributed by atoms with E-state index in [0.717, 1.165) is 0 Å². The number of hydrogen-bond donors (Lipinski definition) is 2. The van der Waals surface area contributed by atoms with Crippen LogP contribution in [0.15, 0.2) is 60.7 Å². The summed E-state index contributed by atoms with van der Waals surface area (Å²) >= 11 is 23.7. The molecule has 0 saturated carbocycles. The molecule has 0 aromatic heterocycles. The van der Waals surface area contributed by atoms with Crippen LogP contribution in [0, 0.1) is 0 Å². The number of anilines is 2. The van der Waals surface area contributed by atoms with Crippen LogP contribution in [0.25, 0.3) is 0 Å². The van der Waals surface area contributed by atoms with Crippen LogP contribution in [0.3, 0.4) is 0 Å². The van der Waals surface area contributed by atoms with Crippen molar-refractivity contribution in [3.63, 3.8) is 0 Å². The van der Waals surface area contributed by atoms with Crippen molar-refractivity contribution in [1.82, 2.24) is 0 Å². The summed E-state index contributed by atoms with van der Waals surface area (Å²) in [6.07, 6.45) is -0.311. The fourth-order valence-electron chi connectivity index (χ4n) is 2.72. The molecule has 0 unspecified atom stereocenters. The van der Waals surface area contributed by atoms with E-state index in [0.29, 0.717) is 37.9 Å². The molecular weight excluding hydrogens is 538 g/mol. The maximum Gasteiger partial charge on any atom is 0.306 e. The van der Waals surface area contributed by atoms with Crippen molar-refractivity contribution in [3.8, 4) is 11.5 Å². The number of carbonyl (C=O) groups excluding carboxylic acids is 3. The molecule has 0 radical (unpaired) electrons. The summed E-state index contributed by atoms with van der Waals surface area (Å²) in [4.78, 5) is 35.9. The van der Waals surface area contributed by atoms with Crippen LogP contribution in [0.2, 0.25) is 20.1 Å². The van der Waals surface area contributed by atoms with Gasteiger partial charge in [0.15, 0.2) is 6.61 Å². The summed E-state index contributed by atoms with van der Waals surface area (Å²) in [5.41, 5.74) is 0.923. The minimum absolute atomic E-state index is 0.119. The van der Waals surface area contributed by atoms with E-state index in [1.165, 1.54) is 12.1 Å². The summed E-state index contributed by atoms with van der Waals surface area (Å²) in [5, 5.41) is 6.68. The summed E-state index contributed by atoms with van der Waals surface area (Å²) in [6.45, 7) is -0.500. The average molecular weight is 556 g/mol. The van der Waals surface area contributed by atoms with Gasteiger partial charge in [-0.15, -0.1) is 0 Å². The van der Waals surface area contributed by atoms with E-state index >= 15 is 0 Å². The van der Waals surface area contributed by atoms with E-state index in [1.54, 1.807) is 48.5 Å². The van der Waals surface area contributed by atoms with E-state index < -0.39 is 24.4 Å². The van der Waals surface area contributed by atoms with E-state index in [9.17, 15) is 14.4 Å². The Morgan fingerprint density at radius 1 is 0.686 bits per heavy atom. The first-order valence-corrected chi connectivity index (χ1v) is 11.6. The average Bonchev–Trinajstić information content (AvgIpc) is 2.82. The maximum absolute atomic E-state index is 12.1. The summed E-state index contributed by atoms with van der Waals surface area (Å²) in [5.74, 6) is -0.681. The van der Waals surface area contributed by atoms with Crippen LogP contribution in [0.4, 0.5) is 11.4 Å². The molecule has 0 bridgehead atoms. The molecule has 0 atom stereocenters. The molecule has 7 nitrogen and oxygen atoms in total. The third-order valence-electron chi connectivity index (χ3n) is 4.38. The van der Waals surface area contributed by atoms with Crippen LogP contribution in [-0.4, -0.2) is 24.4 Å². The van der Waals surface area contributed by atoms with Gasteiger partial charge in [-0.1, -0.05) is 46.4 Å². The number of rotatable bonds is 9. The Bertz CT molecular complexity index is 1240. The quantitative estimate of drug-likeness (QED) is 0.277. The minimum atomic E-state index is -0.687. The number of benzene rings is 3. The van der Waals surface area contributed by atoms with E-state index in [1.807, 2.05) is 0 Å². The van der Waals surface area contributed by atoms with E-state index in [-0.39, 0.29) is 17.9 Å². The lowest BCUT2D eigenvalue weighted by Gasteiger charge is -2.10. The molecule has 0 aliphatic carbocycles. The number of amides is 2. The van der Waals surface area contributed by atoms with Gasteiger partial charge in [-0.3, -0.25) is 14.4 Å². The largest absolute Gasteiger partial charge is 0.456 e. The molecular formula is C24H18Cl4N2O5. The summed E-state index contributed by atoms with van der Waals surface area (Å²) in [6, 6.07) is 16.0. The molecule has 182 valence electrons. The highest BCUT2D eigenvalue weighted by molar-refractivity contribution is 6.42. The predicted octanol–water partition coefficient (Wildman–Crippen LogP) is 6.99. The highest BCUT2D eigenvalue weighted by atomic mass is 35.5. The Morgan fingerprint density at radius 3 is 2.06 bits per heavy atom. The van der Waals surface area contributed by atoms with Gasteiger partial charge in [0.1, 0.15) is 11.5 Å². The van der Waals surface area contributed by atoms with Crippen LogP contribution in [0.5, 0.6) is 11.5 Å². The third-order valence-corrected chi connectivity index (χ3v) is 5.65. The van der Waals surface area contributed by atoms with Crippen molar-refractivity contribution >= 4 is 75.6 Å². The van der Waals surface area contributed by atoms with Gasteiger partial charge in [-0.05, 0) is 60.7 Å². The standard InChI is InChI=1S/C24H18Cl4N2O5/c25-14-1-8-21(20(28)11-14)35-17-5-2-15(3-6-17)29-22(31)9-10-24(33)34-13-23(32)30-16-4-7-18(26)19(27)12-16/h1-8,11-12H,9-10,13H2,(H,29,31)(H,30,32). The van der Waals surface area contributed by atoms with Gasteiger partial charge in [-0.25, -0.2) is 0 Å². The van der Waals surface area contributed by atoms with E-state index in [4.69, 9.17) is 55.9 Å². The molecule has 35 heavy (non-hydrogen) atoms. The number of ether oxygens (including phenoxy) is 2. The van der Waals surface area contributed by atoms with Gasteiger partial charge in [0, 0.05) is 22.8 Å². The molecule has 3 aromatic carbocycles. The van der Waals surface area contributed by atoms with Crippen LogP contribution in [0.1, 0.15) is 12.8 Å². The van der Waals surface area contributed by atoms with Crippen molar-refractivity contribution in [1.29, 1.82) is 0 Å². The highest BCUT2D eigenvalue weighted by Gasteiger charge is 2.12. The van der Waals surface area contributed by atoms with Gasteiger partial charge in [0.05, 0.1) is 21.5 Å². The Morgan fingerprint density at radius 2 is 1.37 bits per heavy atom. The zero-order valence-electron chi connectivity index (χ0n) is 17.9. The molecule has 0 aliphatic rings. The third kappa shape index (κ3) is 8.64. The Hall–Kier alpha value is -2.97. The predicted molar refractivity (Wildman–Crippen MR) is 137 cm³/mol. The molecule has 2 amide bonds. The molecule has 2 N–H and O–H groups in total. The number of esters is 1. The van der Waals surface area contributed by atoms with Gasteiger partial charge in [0.2, 0.25) is 5.91 Å². The second-order valence-electron chi connectivity index (χ2n) is 7.09. The number of nitrogens with one attached hydrogen (secondary N) is 2. The van der Waals surface area contributed by atoms with Crippen LogP contribution < -0.4 is 15.4 Å². The van der Waals surface area contributed by atoms with Gasteiger partial charge < -0.3 is 20.1 Å². The van der Waals surface area contributed by atoms with Crippen LogP contribution in [-0.2, 0) is 19.1 Å². The van der Waals surface area contributed by atoms with Crippen molar-refractivity contribution in [3.05, 3.63) is 80.8 Å². The molecule has 3 rings (SSSR count). The number of carbonyl (C=O) groups is 3. The maximum atomic E-state index is 12.1. The molecule has 0 spiro atoms. The summed E-state index contributed by atoms with van der Waals surface area (Å²) in [7, 11) is 0. The first-order valence-electron chi connectivity index (χ1n) is 10.1. The topological polar surface area (TPSA) is 93.7 Å². The van der Waals surface area contributed by atoms with Crippen molar-refractivity contribution in [2.24, 2.45) is 0 Å². The Balaban J connectivity index is 1.38. The SMILES string of the molecule is O=C(CCC(=O)OCC(=O)Nc1ccc(Cl)c(Cl)c1)Nc1ccc(Oc2ccc(Cl)cc2Cl)cc1. The zero-order valence-corrected chi connectivity index (χ0v) is 21.0. The second kappa shape index (κ2) is 12.7. The zero-order chi connectivity index (χ0) is 25.4. The first-order chi connectivity index (χ1) is 16.7. The lowest BCUT2D eigenvalue weighted by Crippen LogP contribution is -2.21. The lowest BCUT2D eigenvalue weighted by atomic mass is 10.2. The highest BCUT2D eigenvalue weighted by Crippen LogP contribution is 2.32. The smallest absolute Gasteiger partial charge is 0.306 e. The molecule has 3 aromatic rings. The molecule has 0 heterocycles. The van der Waals surface area contributed by atoms with Crippen molar-refractivity contribution in [2.45, 2.75) is 12.8 Å². The van der Waals surface area contributed by atoms with Crippen LogP contribution >= 0.6 is 46.4 Å².